The second kappa shape index (κ2) is 19.5. The zero-order valence-electron chi connectivity index (χ0n) is 39.6. The number of para-hydroxylation sites is 2. The van der Waals surface area contributed by atoms with E-state index in [0.717, 1.165) is 95.0 Å². The molecule has 0 radical (unpaired) electrons. The topological polar surface area (TPSA) is 98.4 Å². The molecular formula is C55H60N5O3S4+. The Kier molecular flexibility index (Phi) is 13.6. The number of rotatable bonds is 18. The lowest BCUT2D eigenvalue weighted by Gasteiger charge is -2.29. The monoisotopic (exact) mass is 966 g/mol. The van der Waals surface area contributed by atoms with Crippen molar-refractivity contribution in [2.24, 2.45) is 0 Å². The lowest BCUT2D eigenvalue weighted by atomic mass is 9.77. The van der Waals surface area contributed by atoms with Crippen LogP contribution in [0.1, 0.15) is 101 Å². The lowest BCUT2D eigenvalue weighted by molar-refractivity contribution is -0.438. The molecule has 3 aromatic heterocycles. The van der Waals surface area contributed by atoms with Crippen LogP contribution in [-0.4, -0.2) is 61.2 Å². The summed E-state index contributed by atoms with van der Waals surface area (Å²) in [5, 5.41) is 14.8. The van der Waals surface area contributed by atoms with Gasteiger partial charge in [-0.3, -0.25) is 9.59 Å². The number of hydrogen-bond acceptors (Lipinski definition) is 10. The molecular weight excluding hydrogens is 907 g/mol. The predicted octanol–water partition coefficient (Wildman–Crippen LogP) is 13.5. The number of fused-ring (bicyclic) bond motifs is 3. The number of carbonyl (C=O) groups is 2. The fraction of sp³-hybridized carbons (Fsp3) is 0.364. The number of nitrogens with zero attached hydrogens (tertiary/aromatic N) is 4. The SMILES string of the molecule is CCCCN1/C(=C/C2=C(O)C(=C\C3=[N+](CCCCC(=O)NCCSc4cc(-c5ccc(CC)s5)c5nsnc5c4-c4ccc(CC)s4)c4ccccc4C3(C)C)/C2=O)C(C)(C)c2ccccc21. The van der Waals surface area contributed by atoms with Crippen LogP contribution in [0.3, 0.4) is 0 Å². The summed E-state index contributed by atoms with van der Waals surface area (Å²) in [4.78, 5) is 35.9. The zero-order chi connectivity index (χ0) is 47.0. The van der Waals surface area contributed by atoms with Gasteiger partial charge in [-0.05, 0) is 87.6 Å². The summed E-state index contributed by atoms with van der Waals surface area (Å²) < 4.78 is 11.9. The number of unbranched alkanes of at least 4 members (excludes halogenated alkanes) is 2. The molecule has 6 aromatic rings. The highest BCUT2D eigenvalue weighted by Gasteiger charge is 2.47. The molecule has 3 aromatic carbocycles. The molecule has 0 unspecified atom stereocenters. The van der Waals surface area contributed by atoms with E-state index in [1.807, 2.05) is 40.9 Å². The molecule has 0 saturated carbocycles. The molecule has 0 atom stereocenters. The summed E-state index contributed by atoms with van der Waals surface area (Å²) in [5.41, 5.74) is 10.9. The van der Waals surface area contributed by atoms with Crippen molar-refractivity contribution >= 4 is 86.0 Å². The Hall–Kier alpha value is -5.14. The van der Waals surface area contributed by atoms with Crippen LogP contribution in [-0.2, 0) is 33.3 Å². The second-order valence-corrected chi connectivity index (χ2v) is 22.7. The number of amides is 1. The Morgan fingerprint density at radius 2 is 1.54 bits per heavy atom. The number of aryl methyl sites for hydroxylation is 2. The molecule has 0 saturated heterocycles. The van der Waals surface area contributed by atoms with Gasteiger partial charge in [0.1, 0.15) is 23.3 Å². The average molecular weight is 967 g/mol. The molecule has 346 valence electrons. The minimum atomic E-state index is -0.398. The minimum Gasteiger partial charge on any atom is -0.506 e. The number of aromatic nitrogens is 2. The zero-order valence-corrected chi connectivity index (χ0v) is 42.9. The number of thiophene rings is 2. The first-order valence-corrected chi connectivity index (χ1v) is 27.1. The Morgan fingerprint density at radius 3 is 2.27 bits per heavy atom. The summed E-state index contributed by atoms with van der Waals surface area (Å²) in [7, 11) is 0. The highest BCUT2D eigenvalue weighted by molar-refractivity contribution is 7.99. The van der Waals surface area contributed by atoms with Crippen LogP contribution >= 0.6 is 46.2 Å². The highest BCUT2D eigenvalue weighted by atomic mass is 32.2. The summed E-state index contributed by atoms with van der Waals surface area (Å²) in [6.07, 6.45) is 9.84. The molecule has 9 rings (SSSR count). The van der Waals surface area contributed by atoms with E-state index in [1.54, 1.807) is 11.8 Å². The van der Waals surface area contributed by atoms with Gasteiger partial charge in [-0.2, -0.15) is 13.3 Å². The van der Waals surface area contributed by atoms with Crippen molar-refractivity contribution in [1.82, 2.24) is 14.1 Å². The number of ketones is 1. The fourth-order valence-corrected chi connectivity index (χ4v) is 13.4. The predicted molar refractivity (Wildman–Crippen MR) is 282 cm³/mol. The number of aliphatic hydroxyl groups is 1. The first-order chi connectivity index (χ1) is 32.4. The third kappa shape index (κ3) is 8.79. The van der Waals surface area contributed by atoms with E-state index in [9.17, 15) is 14.7 Å². The normalized spacial score (nSPS) is 17.3. The van der Waals surface area contributed by atoms with E-state index in [2.05, 4.69) is 136 Å². The quantitative estimate of drug-likeness (QED) is 0.0383. The van der Waals surface area contributed by atoms with Gasteiger partial charge >= 0.3 is 0 Å². The average Bonchev–Trinajstić information content (AvgIpc) is 4.18. The number of thioether (sulfide) groups is 1. The number of aliphatic hydroxyl groups excluding tert-OH is 1. The van der Waals surface area contributed by atoms with Gasteiger partial charge in [0.15, 0.2) is 5.71 Å². The van der Waals surface area contributed by atoms with Gasteiger partial charge in [-0.15, -0.1) is 34.4 Å². The largest absolute Gasteiger partial charge is 0.506 e. The van der Waals surface area contributed by atoms with Crippen molar-refractivity contribution in [2.75, 3.05) is 30.3 Å². The molecule has 2 aliphatic heterocycles. The van der Waals surface area contributed by atoms with Crippen LogP contribution in [0.25, 0.3) is 31.9 Å². The van der Waals surface area contributed by atoms with Gasteiger partial charge < -0.3 is 15.3 Å². The van der Waals surface area contributed by atoms with Crippen LogP contribution in [0.2, 0.25) is 0 Å². The number of anilines is 1. The molecule has 67 heavy (non-hydrogen) atoms. The second-order valence-electron chi connectivity index (χ2n) is 18.7. The molecule has 8 nitrogen and oxygen atoms in total. The Labute approximate surface area is 411 Å². The van der Waals surface area contributed by atoms with Gasteiger partial charge in [-0.1, -0.05) is 77.4 Å². The summed E-state index contributed by atoms with van der Waals surface area (Å²) >= 11 is 6.67. The van der Waals surface area contributed by atoms with E-state index in [-0.39, 0.29) is 22.9 Å². The van der Waals surface area contributed by atoms with E-state index in [0.29, 0.717) is 30.7 Å². The van der Waals surface area contributed by atoms with Crippen molar-refractivity contribution in [1.29, 1.82) is 0 Å². The van der Waals surface area contributed by atoms with Gasteiger partial charge in [0.25, 0.3) is 0 Å². The summed E-state index contributed by atoms with van der Waals surface area (Å²) in [6.45, 7) is 17.4. The molecule has 2 N–H and O–H groups in total. The highest BCUT2D eigenvalue weighted by Crippen LogP contribution is 2.50. The standard InChI is InChI=1S/C55H59N5O3S4/c1-8-11-28-59-41-20-14-12-18-39(41)54(4,5)46(59)32-37-52(62)38(53(37)63)33-47-55(6,7)40-19-13-15-21-42(40)60(47)29-17-16-22-48(61)56-27-30-64-45-31-36(43-25-23-34(9-2)65-43)50-51(58-67-57-50)49(45)44-26-24-35(10-3)66-44/h12-15,18-21,23-26,31-33H,8-11,16-17,22,27-30H2,1-7H3,(H-,56,61,62,63)/p+1. The molecule has 3 aliphatic rings. The minimum absolute atomic E-state index is 0.0456. The number of nitrogens with one attached hydrogen (secondary N) is 1. The summed E-state index contributed by atoms with van der Waals surface area (Å²) in [5.74, 6) is 0.690. The molecule has 1 aliphatic carbocycles. The van der Waals surface area contributed by atoms with Gasteiger partial charge in [-0.25, -0.2) is 0 Å². The van der Waals surface area contributed by atoms with Crippen LogP contribution in [0, 0.1) is 0 Å². The maximum atomic E-state index is 14.1. The van der Waals surface area contributed by atoms with Gasteiger partial charge in [0.2, 0.25) is 17.4 Å². The number of Topliss-reactive ketones (excluding diaryl/α,β-unsaturated/α-hetero) is 1. The summed E-state index contributed by atoms with van der Waals surface area (Å²) in [6, 6.07) is 28.0. The number of hydrogen-bond donors (Lipinski definition) is 2. The number of benzene rings is 3. The van der Waals surface area contributed by atoms with Crippen molar-refractivity contribution in [3.8, 4) is 20.9 Å². The molecule has 1 amide bonds. The van der Waals surface area contributed by atoms with Crippen molar-refractivity contribution in [3.63, 3.8) is 0 Å². The Bertz CT molecular complexity index is 3020. The maximum absolute atomic E-state index is 14.1. The Balaban J connectivity index is 0.876. The molecule has 0 bridgehead atoms. The van der Waals surface area contributed by atoms with Crippen LogP contribution in [0.4, 0.5) is 11.4 Å². The van der Waals surface area contributed by atoms with Crippen LogP contribution < -0.4 is 10.2 Å². The fourth-order valence-electron chi connectivity index (χ4n) is 9.85. The molecule has 0 spiro atoms. The van der Waals surface area contributed by atoms with Crippen molar-refractivity contribution < 1.29 is 19.3 Å². The van der Waals surface area contributed by atoms with Crippen LogP contribution in [0.5, 0.6) is 0 Å². The number of allylic oxidation sites excluding steroid dienone is 5. The van der Waals surface area contributed by atoms with E-state index < -0.39 is 5.41 Å². The van der Waals surface area contributed by atoms with Crippen molar-refractivity contribution in [2.45, 2.75) is 109 Å². The first kappa shape index (κ1) is 46.9. The maximum Gasteiger partial charge on any atom is 0.220 e. The van der Waals surface area contributed by atoms with Gasteiger partial charge in [0, 0.05) is 102 Å². The smallest absolute Gasteiger partial charge is 0.220 e. The number of carbonyl (C=O) groups excluding carboxylic acids is 2. The first-order valence-electron chi connectivity index (χ1n) is 23.8. The van der Waals surface area contributed by atoms with Crippen molar-refractivity contribution in [3.05, 3.63) is 134 Å². The third-order valence-corrected chi connectivity index (χ3v) is 17.7. The van der Waals surface area contributed by atoms with E-state index >= 15 is 0 Å². The Morgan fingerprint density at radius 1 is 0.836 bits per heavy atom. The van der Waals surface area contributed by atoms with E-state index in [1.165, 1.54) is 48.1 Å². The van der Waals surface area contributed by atoms with Gasteiger partial charge in [0.05, 0.1) is 28.3 Å². The lowest BCUT2D eigenvalue weighted by Crippen LogP contribution is -2.32. The third-order valence-electron chi connectivity index (χ3n) is 13.6. The molecule has 0 fully saturated rings. The van der Waals surface area contributed by atoms with E-state index in [4.69, 9.17) is 8.75 Å². The van der Waals surface area contributed by atoms with Crippen LogP contribution in [0.15, 0.2) is 119 Å². The molecule has 5 heterocycles. The molecule has 12 heteroatoms.